The quantitative estimate of drug-likeness (QED) is 0.365. The fraction of sp³-hybridized carbons (Fsp3) is 0.167. The summed E-state index contributed by atoms with van der Waals surface area (Å²) < 4.78 is 6.06. The summed E-state index contributed by atoms with van der Waals surface area (Å²) in [5.41, 5.74) is 4.09. The first kappa shape index (κ1) is 21.9. The van der Waals surface area contributed by atoms with Gasteiger partial charge in [-0.05, 0) is 35.4 Å². The van der Waals surface area contributed by atoms with Crippen molar-refractivity contribution in [3.8, 4) is 0 Å². The molecule has 0 radical (unpaired) electrons. The number of amides is 1. The molecule has 4 nitrogen and oxygen atoms in total. The van der Waals surface area contributed by atoms with Crippen LogP contribution in [-0.2, 0) is 4.74 Å². The Morgan fingerprint density at radius 1 is 0.706 bits per heavy atom. The summed E-state index contributed by atoms with van der Waals surface area (Å²) >= 11 is 0. The molecule has 4 aromatic carbocycles. The van der Waals surface area contributed by atoms with E-state index in [4.69, 9.17) is 4.74 Å². The molecular weight excluding hydrogens is 420 g/mol. The molecule has 1 N–H and O–H groups in total. The highest BCUT2D eigenvalue weighted by Crippen LogP contribution is 2.33. The molecule has 5 rings (SSSR count). The summed E-state index contributed by atoms with van der Waals surface area (Å²) in [4.78, 5) is 15.0. The molecular formula is C30H28N2O2. The highest BCUT2D eigenvalue weighted by Gasteiger charge is 2.35. The summed E-state index contributed by atoms with van der Waals surface area (Å²) in [5, 5.41) is 3.63. The van der Waals surface area contributed by atoms with Gasteiger partial charge in [-0.2, -0.15) is 0 Å². The number of nitrogens with one attached hydrogen (secondary N) is 1. The predicted molar refractivity (Wildman–Crippen MR) is 136 cm³/mol. The van der Waals surface area contributed by atoms with Crippen LogP contribution < -0.4 is 10.2 Å². The van der Waals surface area contributed by atoms with Gasteiger partial charge in [0.05, 0.1) is 11.4 Å². The standard InChI is InChI=1S/C30H28N2O2/c33-30(32(25-17-9-3-10-18-25)26-19-11-4-12-20-26)34-27-21-28(31-22-27)29(23-13-5-1-6-14-23)24-15-7-2-8-16-24/h1-20,27-29,31H,21-22H2. The average molecular weight is 449 g/mol. The summed E-state index contributed by atoms with van der Waals surface area (Å²) in [6, 6.07) is 40.5. The molecule has 4 heteroatoms. The normalized spacial score (nSPS) is 17.4. The number of carbonyl (C=O) groups is 1. The third kappa shape index (κ3) is 4.87. The number of rotatable bonds is 6. The Morgan fingerprint density at radius 3 is 1.62 bits per heavy atom. The van der Waals surface area contributed by atoms with E-state index in [1.165, 1.54) is 11.1 Å². The second-order valence-corrected chi connectivity index (χ2v) is 8.56. The molecule has 1 saturated heterocycles. The maximum Gasteiger partial charge on any atom is 0.419 e. The fourth-order valence-electron chi connectivity index (χ4n) is 4.76. The van der Waals surface area contributed by atoms with E-state index in [0.29, 0.717) is 6.54 Å². The Hall–Kier alpha value is -3.89. The summed E-state index contributed by atoms with van der Waals surface area (Å²) in [6.45, 7) is 0.629. The van der Waals surface area contributed by atoms with Gasteiger partial charge in [0.15, 0.2) is 0 Å². The lowest BCUT2D eigenvalue weighted by Gasteiger charge is -2.26. The topological polar surface area (TPSA) is 41.6 Å². The van der Waals surface area contributed by atoms with Crippen LogP contribution in [-0.4, -0.2) is 24.8 Å². The maximum atomic E-state index is 13.4. The van der Waals surface area contributed by atoms with E-state index >= 15 is 0 Å². The van der Waals surface area contributed by atoms with E-state index in [1.807, 2.05) is 72.8 Å². The lowest BCUT2D eigenvalue weighted by Crippen LogP contribution is -2.31. The molecule has 1 aliphatic heterocycles. The van der Waals surface area contributed by atoms with Crippen molar-refractivity contribution in [1.29, 1.82) is 0 Å². The van der Waals surface area contributed by atoms with Crippen LogP contribution in [0.25, 0.3) is 0 Å². The van der Waals surface area contributed by atoms with Crippen LogP contribution in [0.15, 0.2) is 121 Å². The van der Waals surface area contributed by atoms with Crippen LogP contribution in [0.5, 0.6) is 0 Å². The number of benzene rings is 4. The predicted octanol–water partition coefficient (Wildman–Crippen LogP) is 6.52. The van der Waals surface area contributed by atoms with Crippen molar-refractivity contribution < 1.29 is 9.53 Å². The molecule has 0 saturated carbocycles. The number of ether oxygens (including phenoxy) is 1. The van der Waals surface area contributed by atoms with Gasteiger partial charge in [-0.25, -0.2) is 9.69 Å². The number of hydrogen-bond donors (Lipinski definition) is 1. The summed E-state index contributed by atoms with van der Waals surface area (Å²) in [7, 11) is 0. The smallest absolute Gasteiger partial charge is 0.419 e. The number of anilines is 2. The van der Waals surface area contributed by atoms with Crippen LogP contribution in [0.3, 0.4) is 0 Å². The number of nitrogens with zero attached hydrogens (tertiary/aromatic N) is 1. The van der Waals surface area contributed by atoms with Crippen LogP contribution in [0.2, 0.25) is 0 Å². The molecule has 2 atom stereocenters. The zero-order valence-electron chi connectivity index (χ0n) is 19.0. The molecule has 1 heterocycles. The molecule has 0 bridgehead atoms. The SMILES string of the molecule is O=C(OC1CNC(C(c2ccccc2)c2ccccc2)C1)N(c1ccccc1)c1ccccc1. The van der Waals surface area contributed by atoms with Crippen molar-refractivity contribution in [2.45, 2.75) is 24.5 Å². The van der Waals surface area contributed by atoms with Crippen LogP contribution in [0.4, 0.5) is 16.2 Å². The van der Waals surface area contributed by atoms with Gasteiger partial charge < -0.3 is 10.1 Å². The molecule has 0 spiro atoms. The number of para-hydroxylation sites is 2. The minimum Gasteiger partial charge on any atom is -0.444 e. The molecule has 0 aromatic heterocycles. The largest absolute Gasteiger partial charge is 0.444 e. The molecule has 1 aliphatic rings. The van der Waals surface area contributed by atoms with Crippen molar-refractivity contribution in [2.24, 2.45) is 0 Å². The first-order valence-electron chi connectivity index (χ1n) is 11.7. The Balaban J connectivity index is 1.35. The van der Waals surface area contributed by atoms with Gasteiger partial charge in [-0.15, -0.1) is 0 Å². The highest BCUT2D eigenvalue weighted by atomic mass is 16.6. The minimum absolute atomic E-state index is 0.171. The lowest BCUT2D eigenvalue weighted by molar-refractivity contribution is 0.115. The first-order valence-corrected chi connectivity index (χ1v) is 11.7. The van der Waals surface area contributed by atoms with E-state index < -0.39 is 0 Å². The van der Waals surface area contributed by atoms with Crippen molar-refractivity contribution in [3.63, 3.8) is 0 Å². The Morgan fingerprint density at radius 2 is 1.15 bits per heavy atom. The van der Waals surface area contributed by atoms with E-state index in [0.717, 1.165) is 17.8 Å². The minimum atomic E-state index is -0.360. The van der Waals surface area contributed by atoms with Gasteiger partial charge in [-0.1, -0.05) is 97.1 Å². The second kappa shape index (κ2) is 10.4. The van der Waals surface area contributed by atoms with E-state index in [9.17, 15) is 4.79 Å². The zero-order chi connectivity index (χ0) is 23.2. The third-order valence-electron chi connectivity index (χ3n) is 6.32. The molecule has 4 aromatic rings. The summed E-state index contributed by atoms with van der Waals surface area (Å²) in [6.07, 6.45) is 0.181. The second-order valence-electron chi connectivity index (χ2n) is 8.56. The Kier molecular flexibility index (Phi) is 6.68. The Labute approximate surface area is 200 Å². The van der Waals surface area contributed by atoms with Gasteiger partial charge in [-0.3, -0.25) is 0 Å². The average Bonchev–Trinajstić information content (AvgIpc) is 3.34. The van der Waals surface area contributed by atoms with Crippen molar-refractivity contribution in [3.05, 3.63) is 132 Å². The van der Waals surface area contributed by atoms with E-state index in [2.05, 4.69) is 53.8 Å². The highest BCUT2D eigenvalue weighted by molar-refractivity contribution is 5.96. The zero-order valence-corrected chi connectivity index (χ0v) is 19.0. The van der Waals surface area contributed by atoms with E-state index in [-0.39, 0.29) is 24.2 Å². The molecule has 1 fully saturated rings. The van der Waals surface area contributed by atoms with Gasteiger partial charge in [0.2, 0.25) is 0 Å². The first-order chi connectivity index (χ1) is 16.8. The van der Waals surface area contributed by atoms with Crippen molar-refractivity contribution >= 4 is 17.5 Å². The van der Waals surface area contributed by atoms with E-state index in [1.54, 1.807) is 4.90 Å². The van der Waals surface area contributed by atoms with Gasteiger partial charge in [0.1, 0.15) is 6.10 Å². The molecule has 2 unspecified atom stereocenters. The molecule has 170 valence electrons. The van der Waals surface area contributed by atoms with Gasteiger partial charge in [0.25, 0.3) is 0 Å². The van der Waals surface area contributed by atoms with Crippen molar-refractivity contribution in [1.82, 2.24) is 5.32 Å². The monoisotopic (exact) mass is 448 g/mol. The lowest BCUT2D eigenvalue weighted by atomic mass is 9.84. The summed E-state index contributed by atoms with van der Waals surface area (Å²) in [5.74, 6) is 0.186. The molecule has 1 amide bonds. The molecule has 34 heavy (non-hydrogen) atoms. The van der Waals surface area contributed by atoms with Crippen LogP contribution in [0.1, 0.15) is 23.5 Å². The van der Waals surface area contributed by atoms with Gasteiger partial charge in [0, 0.05) is 24.9 Å². The third-order valence-corrected chi connectivity index (χ3v) is 6.32. The van der Waals surface area contributed by atoms with Crippen LogP contribution >= 0.6 is 0 Å². The molecule has 0 aliphatic carbocycles. The van der Waals surface area contributed by atoms with Crippen molar-refractivity contribution in [2.75, 3.05) is 11.4 Å². The number of hydrogen-bond acceptors (Lipinski definition) is 3. The van der Waals surface area contributed by atoms with Gasteiger partial charge >= 0.3 is 6.09 Å². The Bertz CT molecular complexity index is 1100. The fourth-order valence-corrected chi connectivity index (χ4v) is 4.76. The van der Waals surface area contributed by atoms with Crippen LogP contribution in [0, 0.1) is 0 Å². The number of carbonyl (C=O) groups excluding carboxylic acids is 1. The maximum absolute atomic E-state index is 13.4.